The van der Waals surface area contributed by atoms with Crippen LogP contribution in [-0.2, 0) is 41.9 Å². The highest BCUT2D eigenvalue weighted by Crippen LogP contribution is 2.44. The lowest BCUT2D eigenvalue weighted by atomic mass is 9.77. The first-order valence-electron chi connectivity index (χ1n) is 19.9. The van der Waals surface area contributed by atoms with Crippen molar-refractivity contribution in [2.24, 2.45) is 0 Å². The summed E-state index contributed by atoms with van der Waals surface area (Å²) in [5.74, 6) is 3.33. The highest BCUT2D eigenvalue weighted by molar-refractivity contribution is 5.59. The smallest absolute Gasteiger partial charge is 0.125 e. The Labute approximate surface area is 321 Å². The molecule has 0 aromatic heterocycles. The van der Waals surface area contributed by atoms with Crippen molar-refractivity contribution in [3.8, 4) is 23.0 Å². The van der Waals surface area contributed by atoms with Crippen molar-refractivity contribution >= 4 is 0 Å². The number of rotatable bonds is 10. The molecule has 1 N–H and O–H groups in total. The Kier molecular flexibility index (Phi) is 11.7. The largest absolute Gasteiger partial charge is 0.507 e. The van der Waals surface area contributed by atoms with E-state index in [4.69, 9.17) is 14.2 Å². The SMILES string of the molecule is CCC(C)(C)c1cc2c(OC)c(c1)Cc1cc(C(C)(C)CC)cc(c1OC)Cc1cc(C(C)(C)CC)cc(c1OC)Cc1cc(C(C)C)cc(c1O)C2. The quantitative estimate of drug-likeness (QED) is 0.156. The van der Waals surface area contributed by atoms with Crippen LogP contribution in [0.4, 0.5) is 0 Å². The molecule has 4 aromatic rings. The van der Waals surface area contributed by atoms with Gasteiger partial charge in [0, 0.05) is 25.7 Å². The fraction of sp³-hybridized carbons (Fsp3) is 0.510. The monoisotopic (exact) mass is 718 g/mol. The number of hydrogen-bond donors (Lipinski definition) is 1. The second-order valence-electron chi connectivity index (χ2n) is 17.7. The molecule has 0 atom stereocenters. The van der Waals surface area contributed by atoms with Crippen molar-refractivity contribution in [3.63, 3.8) is 0 Å². The third kappa shape index (κ3) is 7.98. The van der Waals surface area contributed by atoms with E-state index in [-0.39, 0.29) is 16.2 Å². The molecule has 1 aliphatic rings. The molecule has 0 amide bonds. The molecular formula is C49H66O4. The fourth-order valence-electron chi connectivity index (χ4n) is 7.83. The van der Waals surface area contributed by atoms with Gasteiger partial charge in [-0.25, -0.2) is 0 Å². The van der Waals surface area contributed by atoms with Gasteiger partial charge in [0.05, 0.1) is 21.3 Å². The van der Waals surface area contributed by atoms with E-state index in [0.717, 1.165) is 81.0 Å². The van der Waals surface area contributed by atoms with Crippen molar-refractivity contribution in [1.82, 2.24) is 0 Å². The second-order valence-corrected chi connectivity index (χ2v) is 17.7. The highest BCUT2D eigenvalue weighted by atomic mass is 16.5. The molecule has 0 aliphatic heterocycles. The van der Waals surface area contributed by atoms with Gasteiger partial charge in [-0.2, -0.15) is 0 Å². The molecule has 5 rings (SSSR count). The molecule has 0 unspecified atom stereocenters. The first-order valence-corrected chi connectivity index (χ1v) is 19.9. The lowest BCUT2D eigenvalue weighted by Crippen LogP contribution is -2.19. The Balaban J connectivity index is 1.95. The number of phenols is 1. The van der Waals surface area contributed by atoms with E-state index in [0.29, 0.717) is 37.4 Å². The first kappa shape index (κ1) is 40.3. The minimum Gasteiger partial charge on any atom is -0.507 e. The zero-order valence-electron chi connectivity index (χ0n) is 35.3. The third-order valence-corrected chi connectivity index (χ3v) is 12.8. The summed E-state index contributed by atoms with van der Waals surface area (Å²) in [7, 11) is 5.38. The van der Waals surface area contributed by atoms with Crippen LogP contribution in [0.2, 0.25) is 0 Å². The van der Waals surface area contributed by atoms with Gasteiger partial charge in [-0.05, 0) is 108 Å². The van der Waals surface area contributed by atoms with Gasteiger partial charge in [-0.1, -0.05) is 125 Å². The molecular weight excluding hydrogens is 653 g/mol. The molecule has 4 aromatic carbocycles. The highest BCUT2D eigenvalue weighted by Gasteiger charge is 2.29. The van der Waals surface area contributed by atoms with Crippen molar-refractivity contribution in [2.45, 2.75) is 143 Å². The van der Waals surface area contributed by atoms with Crippen molar-refractivity contribution in [2.75, 3.05) is 21.3 Å². The molecule has 4 nitrogen and oxygen atoms in total. The Hall–Kier alpha value is -3.92. The third-order valence-electron chi connectivity index (χ3n) is 12.8. The van der Waals surface area contributed by atoms with E-state index in [1.165, 1.54) is 22.3 Å². The molecule has 8 bridgehead atoms. The Morgan fingerprint density at radius 3 is 0.925 bits per heavy atom. The standard InChI is InChI=1S/C49H66O4/c1-15-47(6,7)40-24-34-20-32-18-31(30(4)5)19-33(43(32)50)21-35-25-41(48(8,9)16-2)27-37(45(35)52-13)23-39-29-42(49(10,11)17-3)28-38(46(39)53-14)22-36(26-40)44(34)51-12/h18-19,24-30,50H,15-17,20-23H2,1-14H3. The summed E-state index contributed by atoms with van der Waals surface area (Å²) in [5.41, 5.74) is 13.5. The summed E-state index contributed by atoms with van der Waals surface area (Å²) in [5, 5.41) is 12.2. The van der Waals surface area contributed by atoms with Gasteiger partial charge in [0.1, 0.15) is 23.0 Å². The average Bonchev–Trinajstić information content (AvgIpc) is 3.12. The van der Waals surface area contributed by atoms with Crippen LogP contribution in [0, 0.1) is 0 Å². The molecule has 0 fully saturated rings. The predicted molar refractivity (Wildman–Crippen MR) is 222 cm³/mol. The maximum absolute atomic E-state index is 12.2. The second kappa shape index (κ2) is 15.4. The molecule has 0 saturated heterocycles. The summed E-state index contributed by atoms with van der Waals surface area (Å²) < 4.78 is 19.1. The van der Waals surface area contributed by atoms with Crippen LogP contribution in [0.3, 0.4) is 0 Å². The zero-order valence-corrected chi connectivity index (χ0v) is 35.3. The molecule has 53 heavy (non-hydrogen) atoms. The number of fused-ring (bicyclic) bond motifs is 8. The lowest BCUT2D eigenvalue weighted by molar-refractivity contribution is 0.396. The molecule has 0 heterocycles. The van der Waals surface area contributed by atoms with Crippen LogP contribution in [0.25, 0.3) is 0 Å². The number of hydrogen-bond acceptors (Lipinski definition) is 4. The van der Waals surface area contributed by atoms with Crippen LogP contribution < -0.4 is 14.2 Å². The molecule has 0 spiro atoms. The predicted octanol–water partition coefficient (Wildman–Crippen LogP) is 12.3. The van der Waals surface area contributed by atoms with Gasteiger partial charge in [-0.15, -0.1) is 0 Å². The minimum absolute atomic E-state index is 0.0342. The summed E-state index contributed by atoms with van der Waals surface area (Å²) in [6.07, 6.45) is 5.43. The molecule has 4 heteroatoms. The molecule has 0 saturated carbocycles. The van der Waals surface area contributed by atoms with E-state index in [2.05, 4.69) is 125 Å². The minimum atomic E-state index is -0.0475. The van der Waals surface area contributed by atoms with Crippen LogP contribution in [0.15, 0.2) is 48.5 Å². The number of phenolic OH excluding ortho intramolecular Hbond substituents is 1. The molecule has 1 aliphatic carbocycles. The van der Waals surface area contributed by atoms with Crippen molar-refractivity contribution in [1.29, 1.82) is 0 Å². The number of ether oxygens (including phenoxy) is 3. The van der Waals surface area contributed by atoms with Gasteiger partial charge in [-0.3, -0.25) is 0 Å². The Morgan fingerprint density at radius 1 is 0.472 bits per heavy atom. The van der Waals surface area contributed by atoms with Gasteiger partial charge in [0.25, 0.3) is 0 Å². The Morgan fingerprint density at radius 2 is 0.717 bits per heavy atom. The van der Waals surface area contributed by atoms with Gasteiger partial charge in [0.2, 0.25) is 0 Å². The number of aromatic hydroxyl groups is 1. The van der Waals surface area contributed by atoms with Crippen LogP contribution in [0.5, 0.6) is 23.0 Å². The van der Waals surface area contributed by atoms with Crippen molar-refractivity contribution in [3.05, 3.63) is 115 Å². The van der Waals surface area contributed by atoms with Crippen LogP contribution >= 0.6 is 0 Å². The topological polar surface area (TPSA) is 47.9 Å². The lowest BCUT2D eigenvalue weighted by Gasteiger charge is -2.29. The summed E-state index contributed by atoms with van der Waals surface area (Å²) in [4.78, 5) is 0. The normalized spacial score (nSPS) is 13.6. The molecule has 0 radical (unpaired) electrons. The fourth-order valence-corrected chi connectivity index (χ4v) is 7.83. The Bertz CT molecular complexity index is 1840. The van der Waals surface area contributed by atoms with Gasteiger partial charge >= 0.3 is 0 Å². The maximum Gasteiger partial charge on any atom is 0.125 e. The summed E-state index contributed by atoms with van der Waals surface area (Å²) in [6, 6.07) is 18.5. The van der Waals surface area contributed by atoms with Gasteiger partial charge < -0.3 is 19.3 Å². The maximum atomic E-state index is 12.2. The van der Waals surface area contributed by atoms with Crippen LogP contribution in [0.1, 0.15) is 168 Å². The number of benzene rings is 4. The van der Waals surface area contributed by atoms with E-state index in [9.17, 15) is 5.11 Å². The first-order chi connectivity index (χ1) is 24.9. The van der Waals surface area contributed by atoms with E-state index in [1.54, 1.807) is 14.2 Å². The van der Waals surface area contributed by atoms with E-state index in [1.807, 2.05) is 7.11 Å². The zero-order chi connectivity index (χ0) is 39.0. The van der Waals surface area contributed by atoms with Crippen molar-refractivity contribution < 1.29 is 19.3 Å². The van der Waals surface area contributed by atoms with Crippen LogP contribution in [-0.4, -0.2) is 26.4 Å². The van der Waals surface area contributed by atoms with Gasteiger partial charge in [0.15, 0.2) is 0 Å². The van der Waals surface area contributed by atoms with E-state index < -0.39 is 0 Å². The average molecular weight is 719 g/mol. The molecule has 286 valence electrons. The summed E-state index contributed by atoms with van der Waals surface area (Å²) >= 11 is 0. The summed E-state index contributed by atoms with van der Waals surface area (Å²) in [6.45, 7) is 25.2. The van der Waals surface area contributed by atoms with E-state index >= 15 is 0 Å². The number of methoxy groups -OCH3 is 3.